The molecule has 6 nitrogen and oxygen atoms in total. The van der Waals surface area contributed by atoms with Gasteiger partial charge in [-0.1, -0.05) is 48.5 Å². The predicted molar refractivity (Wildman–Crippen MR) is 134 cm³/mol. The van der Waals surface area contributed by atoms with Gasteiger partial charge in [-0.3, -0.25) is 9.78 Å². The lowest BCUT2D eigenvalue weighted by Gasteiger charge is -2.16. The van der Waals surface area contributed by atoms with Gasteiger partial charge >= 0.3 is 0 Å². The third-order valence-electron chi connectivity index (χ3n) is 5.83. The molecule has 2 aromatic heterocycles. The number of nitrogens with zero attached hydrogens (tertiary/aromatic N) is 3. The molecule has 0 fully saturated rings. The smallest absolute Gasteiger partial charge is 0.270 e. The quantitative estimate of drug-likeness (QED) is 0.315. The van der Waals surface area contributed by atoms with E-state index in [-0.39, 0.29) is 11.9 Å². The van der Waals surface area contributed by atoms with Crippen LogP contribution in [0.3, 0.4) is 0 Å². The van der Waals surface area contributed by atoms with E-state index in [1.54, 1.807) is 24.4 Å². The monoisotopic (exact) mass is 450 g/mol. The van der Waals surface area contributed by atoms with E-state index in [1.165, 1.54) is 10.8 Å². The molecule has 1 N–H and O–H groups in total. The first-order chi connectivity index (χ1) is 16.7. The molecule has 0 saturated carbocycles. The third-order valence-corrected chi connectivity index (χ3v) is 5.83. The second kappa shape index (κ2) is 9.75. The topological polar surface area (TPSA) is 69.0 Å². The normalized spacial score (nSPS) is 12.0. The molecule has 1 unspecified atom stereocenters. The van der Waals surface area contributed by atoms with Gasteiger partial charge in [-0.15, -0.1) is 0 Å². The van der Waals surface area contributed by atoms with Crippen LogP contribution < -0.4 is 10.1 Å². The van der Waals surface area contributed by atoms with E-state index < -0.39 is 0 Å². The molecule has 1 amide bonds. The summed E-state index contributed by atoms with van der Waals surface area (Å²) in [6.07, 6.45) is 2.42. The van der Waals surface area contributed by atoms with E-state index in [9.17, 15) is 4.79 Å². The summed E-state index contributed by atoms with van der Waals surface area (Å²) in [5, 5.41) is 5.40. The van der Waals surface area contributed by atoms with E-state index in [0.29, 0.717) is 12.3 Å². The molecule has 5 aromatic rings. The average molecular weight is 451 g/mol. The Labute approximate surface area is 198 Å². The molecule has 34 heavy (non-hydrogen) atoms. The van der Waals surface area contributed by atoms with Crippen molar-refractivity contribution in [3.63, 3.8) is 0 Å². The van der Waals surface area contributed by atoms with E-state index in [2.05, 4.69) is 45.2 Å². The number of hydrogen-bond acceptors (Lipinski definition) is 4. The van der Waals surface area contributed by atoms with Crippen molar-refractivity contribution in [3.05, 3.63) is 103 Å². The van der Waals surface area contributed by atoms with Gasteiger partial charge in [0.05, 0.1) is 23.7 Å². The van der Waals surface area contributed by atoms with Crippen molar-refractivity contribution >= 4 is 27.7 Å². The largest absolute Gasteiger partial charge is 0.494 e. The highest BCUT2D eigenvalue weighted by Gasteiger charge is 2.19. The summed E-state index contributed by atoms with van der Waals surface area (Å²) < 4.78 is 8.20. The highest BCUT2D eigenvalue weighted by Crippen LogP contribution is 2.23. The van der Waals surface area contributed by atoms with E-state index in [4.69, 9.17) is 9.72 Å². The summed E-state index contributed by atoms with van der Waals surface area (Å²) in [5.74, 6) is 1.47. The maximum Gasteiger partial charge on any atom is 0.270 e. The third kappa shape index (κ3) is 4.62. The summed E-state index contributed by atoms with van der Waals surface area (Å²) in [5.41, 5.74) is 2.34. The number of carbonyl (C=O) groups is 1. The summed E-state index contributed by atoms with van der Waals surface area (Å²) in [6, 6.07) is 27.5. The fraction of sp³-hybridized carbons (Fsp3) is 0.179. The van der Waals surface area contributed by atoms with Crippen LogP contribution in [0.2, 0.25) is 0 Å². The standard InChI is InChI=1S/C28H26N4O2/c1-20(30-28(33)25-12-6-7-16-29-25)27-31-24-11-4-5-13-26(24)32(27)17-8-18-34-23-15-14-21-9-2-3-10-22(21)19-23/h2-7,9-16,19-20H,8,17-18H2,1H3,(H,30,33). The van der Waals surface area contributed by atoms with Crippen LogP contribution in [0, 0.1) is 0 Å². The summed E-state index contributed by atoms with van der Waals surface area (Å²) in [7, 11) is 0. The molecule has 0 aliphatic rings. The zero-order chi connectivity index (χ0) is 23.3. The first kappa shape index (κ1) is 21.6. The van der Waals surface area contributed by atoms with Crippen molar-refractivity contribution in [1.29, 1.82) is 0 Å². The van der Waals surface area contributed by atoms with Crippen molar-refractivity contribution < 1.29 is 9.53 Å². The van der Waals surface area contributed by atoms with Crippen molar-refractivity contribution in [1.82, 2.24) is 19.9 Å². The number of aromatic nitrogens is 3. The molecule has 0 saturated heterocycles. The Hall–Kier alpha value is -4.19. The Kier molecular flexibility index (Phi) is 6.21. The fourth-order valence-electron chi connectivity index (χ4n) is 4.16. The Morgan fingerprint density at radius 1 is 0.971 bits per heavy atom. The zero-order valence-electron chi connectivity index (χ0n) is 19.0. The Balaban J connectivity index is 1.29. The van der Waals surface area contributed by atoms with Gasteiger partial charge in [0.25, 0.3) is 5.91 Å². The van der Waals surface area contributed by atoms with Crippen molar-refractivity contribution in [3.8, 4) is 5.75 Å². The first-order valence-corrected chi connectivity index (χ1v) is 11.5. The molecular formula is C28H26N4O2. The molecule has 0 radical (unpaired) electrons. The summed E-state index contributed by atoms with van der Waals surface area (Å²) >= 11 is 0. The van der Waals surface area contributed by atoms with Crippen LogP contribution in [0.4, 0.5) is 0 Å². The molecule has 1 atom stereocenters. The lowest BCUT2D eigenvalue weighted by molar-refractivity contribution is 0.0932. The van der Waals surface area contributed by atoms with Crippen molar-refractivity contribution in [2.75, 3.05) is 6.61 Å². The lowest BCUT2D eigenvalue weighted by atomic mass is 10.1. The molecular weight excluding hydrogens is 424 g/mol. The highest BCUT2D eigenvalue weighted by atomic mass is 16.5. The van der Waals surface area contributed by atoms with Crippen LogP contribution in [0.5, 0.6) is 5.75 Å². The second-order valence-corrected chi connectivity index (χ2v) is 8.23. The van der Waals surface area contributed by atoms with Gasteiger partial charge < -0.3 is 14.6 Å². The molecule has 0 aliphatic carbocycles. The van der Waals surface area contributed by atoms with Gasteiger partial charge in [0.1, 0.15) is 17.3 Å². The van der Waals surface area contributed by atoms with Crippen molar-refractivity contribution in [2.45, 2.75) is 25.9 Å². The number of rotatable bonds is 8. The van der Waals surface area contributed by atoms with Gasteiger partial charge in [-0.05, 0) is 60.5 Å². The van der Waals surface area contributed by atoms with Crippen molar-refractivity contribution in [2.24, 2.45) is 0 Å². The molecule has 170 valence electrons. The number of pyridine rings is 1. The minimum atomic E-state index is -0.275. The van der Waals surface area contributed by atoms with E-state index >= 15 is 0 Å². The summed E-state index contributed by atoms with van der Waals surface area (Å²) in [6.45, 7) is 3.26. The zero-order valence-corrected chi connectivity index (χ0v) is 19.0. The number of amides is 1. The molecule has 0 bridgehead atoms. The van der Waals surface area contributed by atoms with Crippen LogP contribution in [-0.2, 0) is 6.54 Å². The SMILES string of the molecule is CC(NC(=O)c1ccccn1)c1nc2ccccc2n1CCCOc1ccc2ccccc2c1. The Morgan fingerprint density at radius 2 is 1.76 bits per heavy atom. The van der Waals surface area contributed by atoms with E-state index in [1.807, 2.05) is 43.3 Å². The number of fused-ring (bicyclic) bond motifs is 2. The number of aryl methyl sites for hydroxylation is 1. The molecule has 3 aromatic carbocycles. The van der Waals surface area contributed by atoms with Crippen LogP contribution in [0.25, 0.3) is 21.8 Å². The number of carbonyl (C=O) groups excluding carboxylic acids is 1. The Morgan fingerprint density at radius 3 is 2.62 bits per heavy atom. The van der Waals surface area contributed by atoms with Crippen LogP contribution >= 0.6 is 0 Å². The van der Waals surface area contributed by atoms with Gasteiger partial charge in [-0.25, -0.2) is 4.98 Å². The molecule has 0 aliphatic heterocycles. The maximum atomic E-state index is 12.6. The van der Waals surface area contributed by atoms with Crippen LogP contribution in [-0.4, -0.2) is 27.0 Å². The average Bonchev–Trinajstić information content (AvgIpc) is 3.26. The number of imidazole rings is 1. The maximum absolute atomic E-state index is 12.6. The Bertz CT molecular complexity index is 1430. The van der Waals surface area contributed by atoms with Gasteiger partial charge in [0.2, 0.25) is 0 Å². The molecule has 6 heteroatoms. The highest BCUT2D eigenvalue weighted by molar-refractivity contribution is 5.92. The van der Waals surface area contributed by atoms with Gasteiger partial charge in [0, 0.05) is 12.7 Å². The lowest BCUT2D eigenvalue weighted by Crippen LogP contribution is -2.29. The van der Waals surface area contributed by atoms with Crippen LogP contribution in [0.15, 0.2) is 91.1 Å². The first-order valence-electron chi connectivity index (χ1n) is 11.5. The van der Waals surface area contributed by atoms with Gasteiger partial charge in [0.15, 0.2) is 0 Å². The number of nitrogens with one attached hydrogen (secondary N) is 1. The number of para-hydroxylation sites is 2. The van der Waals surface area contributed by atoms with Crippen LogP contribution in [0.1, 0.15) is 35.7 Å². The summed E-state index contributed by atoms with van der Waals surface area (Å²) in [4.78, 5) is 21.6. The van der Waals surface area contributed by atoms with Gasteiger partial charge in [-0.2, -0.15) is 0 Å². The fourth-order valence-corrected chi connectivity index (χ4v) is 4.16. The minimum absolute atomic E-state index is 0.216. The van der Waals surface area contributed by atoms with E-state index in [0.717, 1.165) is 35.6 Å². The minimum Gasteiger partial charge on any atom is -0.494 e. The molecule has 5 rings (SSSR count). The number of hydrogen-bond donors (Lipinski definition) is 1. The molecule has 0 spiro atoms. The molecule has 2 heterocycles. The second-order valence-electron chi connectivity index (χ2n) is 8.23. The number of ether oxygens (including phenoxy) is 1. The number of benzene rings is 3. The predicted octanol–water partition coefficient (Wildman–Crippen LogP) is 5.54.